The number of nitrogens with zero attached hydrogens (tertiary/aromatic N) is 2. The number of carbonyl (C=O) groups is 1. The maximum atomic E-state index is 12.6. The summed E-state index contributed by atoms with van der Waals surface area (Å²) in [7, 11) is -3.01. The summed E-state index contributed by atoms with van der Waals surface area (Å²) in [6, 6.07) is 9.82. The lowest BCUT2D eigenvalue weighted by molar-refractivity contribution is -0.123. The van der Waals surface area contributed by atoms with Crippen LogP contribution in [0.3, 0.4) is 0 Å². The fourth-order valence-electron chi connectivity index (χ4n) is 3.70. The van der Waals surface area contributed by atoms with Gasteiger partial charge in [0.1, 0.15) is 5.78 Å². The van der Waals surface area contributed by atoms with Crippen LogP contribution in [0.25, 0.3) is 11.3 Å². The second-order valence-electron chi connectivity index (χ2n) is 8.00. The summed E-state index contributed by atoms with van der Waals surface area (Å²) in [5, 5.41) is -0.329. The number of sulfone groups is 1. The van der Waals surface area contributed by atoms with Crippen LogP contribution in [-0.4, -0.2) is 35.2 Å². The maximum absolute atomic E-state index is 12.6. The Balaban J connectivity index is 1.52. The van der Waals surface area contributed by atoms with E-state index in [4.69, 9.17) is 0 Å². The van der Waals surface area contributed by atoms with E-state index >= 15 is 0 Å². The third-order valence-corrected chi connectivity index (χ3v) is 7.99. The summed E-state index contributed by atoms with van der Waals surface area (Å²) >= 11 is 0. The molecule has 0 radical (unpaired) electrons. The molecule has 0 unspecified atom stereocenters. The number of rotatable bonds is 7. The molecule has 1 fully saturated rings. The van der Waals surface area contributed by atoms with Crippen molar-refractivity contribution in [2.24, 2.45) is 11.8 Å². The molecule has 3 rings (SSSR count). The average Bonchev–Trinajstić information content (AvgIpc) is 2.69. The molecule has 6 heteroatoms. The number of hydrogen-bond donors (Lipinski definition) is 0. The minimum absolute atomic E-state index is 0.00797. The van der Waals surface area contributed by atoms with E-state index in [0.717, 1.165) is 36.9 Å². The van der Waals surface area contributed by atoms with Crippen molar-refractivity contribution in [1.82, 2.24) is 9.97 Å². The van der Waals surface area contributed by atoms with Crippen molar-refractivity contribution in [1.29, 1.82) is 0 Å². The highest BCUT2D eigenvalue weighted by molar-refractivity contribution is 7.91. The molecule has 0 amide bonds. The van der Waals surface area contributed by atoms with E-state index in [1.165, 1.54) is 0 Å². The molecule has 5 nitrogen and oxygen atoms in total. The Morgan fingerprint density at radius 1 is 1.04 bits per heavy atom. The van der Waals surface area contributed by atoms with Crippen molar-refractivity contribution in [3.05, 3.63) is 48.4 Å². The molecule has 28 heavy (non-hydrogen) atoms. The molecule has 1 aliphatic rings. The molecule has 150 valence electrons. The molecule has 1 aromatic heterocycles. The van der Waals surface area contributed by atoms with E-state index in [1.54, 1.807) is 26.2 Å². The number of ketones is 1. The average molecular weight is 401 g/mol. The molecule has 0 saturated heterocycles. The van der Waals surface area contributed by atoms with Crippen LogP contribution in [0.15, 0.2) is 42.7 Å². The molecule has 1 saturated carbocycles. The second-order valence-corrected chi connectivity index (χ2v) is 10.6. The predicted molar refractivity (Wildman–Crippen MR) is 111 cm³/mol. The lowest BCUT2D eigenvalue weighted by Crippen LogP contribution is -2.29. The summed E-state index contributed by atoms with van der Waals surface area (Å²) in [6.45, 7) is 3.46. The summed E-state index contributed by atoms with van der Waals surface area (Å²) in [5.74, 6) is 0.625. The Morgan fingerprint density at radius 3 is 2.29 bits per heavy atom. The van der Waals surface area contributed by atoms with E-state index < -0.39 is 9.84 Å². The van der Waals surface area contributed by atoms with Gasteiger partial charge in [-0.15, -0.1) is 0 Å². The Bertz CT molecular complexity index is 885. The zero-order chi connectivity index (χ0) is 20.1. The first-order valence-corrected chi connectivity index (χ1v) is 11.7. The summed E-state index contributed by atoms with van der Waals surface area (Å²) in [6.07, 6.45) is 6.84. The largest absolute Gasteiger partial charge is 0.299 e. The summed E-state index contributed by atoms with van der Waals surface area (Å²) in [5.41, 5.74) is 2.49. The van der Waals surface area contributed by atoms with Gasteiger partial charge in [0.15, 0.2) is 9.84 Å². The van der Waals surface area contributed by atoms with Crippen LogP contribution in [0.4, 0.5) is 0 Å². The van der Waals surface area contributed by atoms with Crippen molar-refractivity contribution in [3.8, 4) is 11.3 Å². The van der Waals surface area contributed by atoms with Gasteiger partial charge in [-0.2, -0.15) is 0 Å². The van der Waals surface area contributed by atoms with Gasteiger partial charge in [-0.3, -0.25) is 14.8 Å². The molecule has 0 bridgehead atoms. The molecular weight excluding hydrogens is 372 g/mol. The van der Waals surface area contributed by atoms with E-state index in [-0.39, 0.29) is 28.6 Å². The molecule has 0 N–H and O–H groups in total. The molecule has 2 aromatic rings. The van der Waals surface area contributed by atoms with Crippen LogP contribution in [0.5, 0.6) is 0 Å². The molecule has 1 heterocycles. The molecule has 0 aliphatic heterocycles. The van der Waals surface area contributed by atoms with Gasteiger partial charge in [0.2, 0.25) is 0 Å². The third kappa shape index (κ3) is 5.25. The van der Waals surface area contributed by atoms with E-state index in [9.17, 15) is 13.2 Å². The zero-order valence-electron chi connectivity index (χ0n) is 16.5. The number of Topliss-reactive ketones (excluding diaryl/α,β-unsaturated/α-hetero) is 1. The second kappa shape index (κ2) is 8.95. The molecule has 1 aromatic carbocycles. The van der Waals surface area contributed by atoms with Crippen LogP contribution >= 0.6 is 0 Å². The quantitative estimate of drug-likeness (QED) is 0.705. The fraction of sp³-hybridized carbons (Fsp3) is 0.500. The Kier molecular flexibility index (Phi) is 6.60. The first kappa shape index (κ1) is 20.6. The normalized spacial score (nSPS) is 20.2. The lowest BCUT2D eigenvalue weighted by Gasteiger charge is -2.28. The van der Waals surface area contributed by atoms with Crippen molar-refractivity contribution >= 4 is 15.6 Å². The fourth-order valence-corrected chi connectivity index (χ4v) is 5.07. The van der Waals surface area contributed by atoms with Crippen molar-refractivity contribution in [2.75, 3.05) is 5.75 Å². The number of hydrogen-bond acceptors (Lipinski definition) is 5. The van der Waals surface area contributed by atoms with Gasteiger partial charge in [0, 0.05) is 17.7 Å². The molecular formula is C22H28N2O3S. The van der Waals surface area contributed by atoms with Crippen LogP contribution in [0.1, 0.15) is 45.2 Å². The van der Waals surface area contributed by atoms with E-state index in [2.05, 4.69) is 9.97 Å². The monoisotopic (exact) mass is 400 g/mol. The Morgan fingerprint density at radius 2 is 1.71 bits per heavy atom. The maximum Gasteiger partial charge on any atom is 0.152 e. The SMILES string of the molecule is CC(C)S(=O)(=O)CC1CCC(C(=O)Cc2cnc(-c3ccccc3)cn2)CC1. The van der Waals surface area contributed by atoms with Gasteiger partial charge in [0.25, 0.3) is 0 Å². The van der Waals surface area contributed by atoms with Crippen molar-refractivity contribution < 1.29 is 13.2 Å². The van der Waals surface area contributed by atoms with Crippen molar-refractivity contribution in [3.63, 3.8) is 0 Å². The van der Waals surface area contributed by atoms with Gasteiger partial charge in [-0.25, -0.2) is 8.42 Å². The summed E-state index contributed by atoms with van der Waals surface area (Å²) in [4.78, 5) is 21.5. The van der Waals surface area contributed by atoms with Crippen LogP contribution < -0.4 is 0 Å². The van der Waals surface area contributed by atoms with Gasteiger partial charge in [-0.05, 0) is 45.4 Å². The smallest absolute Gasteiger partial charge is 0.152 e. The van der Waals surface area contributed by atoms with Crippen LogP contribution in [0.2, 0.25) is 0 Å². The van der Waals surface area contributed by atoms with Crippen LogP contribution in [0, 0.1) is 11.8 Å². The highest BCUT2D eigenvalue weighted by atomic mass is 32.2. The van der Waals surface area contributed by atoms with Crippen LogP contribution in [-0.2, 0) is 21.1 Å². The predicted octanol–water partition coefficient (Wildman–Crippen LogP) is 3.88. The minimum atomic E-state index is -3.01. The highest BCUT2D eigenvalue weighted by Crippen LogP contribution is 2.31. The van der Waals surface area contributed by atoms with Gasteiger partial charge in [0.05, 0.1) is 35.0 Å². The third-order valence-electron chi connectivity index (χ3n) is 5.62. The van der Waals surface area contributed by atoms with Gasteiger partial charge >= 0.3 is 0 Å². The first-order chi connectivity index (χ1) is 13.3. The Hall–Kier alpha value is -2.08. The highest BCUT2D eigenvalue weighted by Gasteiger charge is 2.30. The zero-order valence-corrected chi connectivity index (χ0v) is 17.4. The van der Waals surface area contributed by atoms with Gasteiger partial charge in [-0.1, -0.05) is 30.3 Å². The first-order valence-electron chi connectivity index (χ1n) is 9.96. The standard InChI is InChI=1S/C22H28N2O3S/c1-16(2)28(26,27)15-17-8-10-19(11-9-17)22(25)12-20-13-24-21(14-23-20)18-6-4-3-5-7-18/h3-7,13-14,16-17,19H,8-12,15H2,1-2H3. The lowest BCUT2D eigenvalue weighted by atomic mass is 9.80. The summed E-state index contributed by atoms with van der Waals surface area (Å²) < 4.78 is 24.2. The number of aromatic nitrogens is 2. The van der Waals surface area contributed by atoms with E-state index in [1.807, 2.05) is 30.3 Å². The van der Waals surface area contributed by atoms with Crippen molar-refractivity contribution in [2.45, 2.75) is 51.2 Å². The topological polar surface area (TPSA) is 77.0 Å². The minimum Gasteiger partial charge on any atom is -0.299 e. The Labute approximate surface area is 167 Å². The molecule has 1 aliphatic carbocycles. The van der Waals surface area contributed by atoms with E-state index in [0.29, 0.717) is 12.1 Å². The molecule has 0 spiro atoms. The van der Waals surface area contributed by atoms with Gasteiger partial charge < -0.3 is 0 Å². The number of carbonyl (C=O) groups excluding carboxylic acids is 1. The number of benzene rings is 1. The molecule has 0 atom stereocenters.